The summed E-state index contributed by atoms with van der Waals surface area (Å²) in [4.78, 5) is 23.1. The van der Waals surface area contributed by atoms with Crippen LogP contribution in [0.25, 0.3) is 0 Å². The van der Waals surface area contributed by atoms with Crippen LogP contribution in [0.2, 0.25) is 0 Å². The SMILES string of the molecule is CC(=O)c1cccc(OC(=O)CCc2cccc(C)c2)c1. The number of carbonyl (C=O) groups is 2. The molecule has 0 aliphatic rings. The monoisotopic (exact) mass is 282 g/mol. The summed E-state index contributed by atoms with van der Waals surface area (Å²) in [6.45, 7) is 3.51. The van der Waals surface area contributed by atoms with E-state index in [-0.39, 0.29) is 11.8 Å². The maximum absolute atomic E-state index is 11.8. The van der Waals surface area contributed by atoms with Gasteiger partial charge in [0.1, 0.15) is 5.75 Å². The van der Waals surface area contributed by atoms with Crippen LogP contribution < -0.4 is 4.74 Å². The highest BCUT2D eigenvalue weighted by Crippen LogP contribution is 2.15. The Bertz CT molecular complexity index is 659. The second-order valence-electron chi connectivity index (χ2n) is 5.05. The smallest absolute Gasteiger partial charge is 0.311 e. The third-order valence-electron chi connectivity index (χ3n) is 3.17. The highest BCUT2D eigenvalue weighted by molar-refractivity contribution is 5.94. The summed E-state index contributed by atoms with van der Waals surface area (Å²) in [6, 6.07) is 14.7. The fraction of sp³-hybridized carbons (Fsp3) is 0.222. The summed E-state index contributed by atoms with van der Waals surface area (Å²) in [5, 5.41) is 0. The molecule has 3 nitrogen and oxygen atoms in total. The Morgan fingerprint density at radius 2 is 1.81 bits per heavy atom. The van der Waals surface area contributed by atoms with E-state index in [4.69, 9.17) is 4.74 Å². The largest absolute Gasteiger partial charge is 0.426 e. The molecule has 0 bridgehead atoms. The lowest BCUT2D eigenvalue weighted by atomic mass is 10.1. The number of hydrogen-bond donors (Lipinski definition) is 0. The molecule has 0 radical (unpaired) electrons. The predicted octanol–water partition coefficient (Wildman–Crippen LogP) is 3.74. The van der Waals surface area contributed by atoms with Crippen molar-refractivity contribution >= 4 is 11.8 Å². The van der Waals surface area contributed by atoms with Crippen molar-refractivity contribution in [3.8, 4) is 5.75 Å². The minimum absolute atomic E-state index is 0.0485. The predicted molar refractivity (Wildman–Crippen MR) is 81.6 cm³/mol. The topological polar surface area (TPSA) is 43.4 Å². The minimum atomic E-state index is -0.294. The highest BCUT2D eigenvalue weighted by atomic mass is 16.5. The Balaban J connectivity index is 1.93. The maximum Gasteiger partial charge on any atom is 0.311 e. The second-order valence-corrected chi connectivity index (χ2v) is 5.05. The van der Waals surface area contributed by atoms with Gasteiger partial charge in [-0.1, -0.05) is 42.0 Å². The van der Waals surface area contributed by atoms with E-state index < -0.39 is 0 Å². The van der Waals surface area contributed by atoms with E-state index in [1.165, 1.54) is 12.5 Å². The molecular formula is C18H18O3. The molecule has 0 saturated heterocycles. The number of rotatable bonds is 5. The van der Waals surface area contributed by atoms with Crippen LogP contribution in [0.1, 0.15) is 34.8 Å². The van der Waals surface area contributed by atoms with Crippen LogP contribution in [-0.2, 0) is 11.2 Å². The van der Waals surface area contributed by atoms with Crippen molar-refractivity contribution in [2.45, 2.75) is 26.7 Å². The Kier molecular flexibility index (Phi) is 4.88. The second kappa shape index (κ2) is 6.84. The van der Waals surface area contributed by atoms with Gasteiger partial charge in [-0.2, -0.15) is 0 Å². The maximum atomic E-state index is 11.8. The van der Waals surface area contributed by atoms with Gasteiger partial charge in [-0.25, -0.2) is 0 Å². The van der Waals surface area contributed by atoms with E-state index >= 15 is 0 Å². The molecule has 0 N–H and O–H groups in total. The normalized spacial score (nSPS) is 10.2. The number of aryl methyl sites for hydroxylation is 2. The summed E-state index contributed by atoms with van der Waals surface area (Å²) >= 11 is 0. The number of benzene rings is 2. The van der Waals surface area contributed by atoms with Gasteiger partial charge >= 0.3 is 5.97 Å². The molecule has 0 aliphatic heterocycles. The molecule has 2 aromatic rings. The fourth-order valence-corrected chi connectivity index (χ4v) is 2.08. The lowest BCUT2D eigenvalue weighted by Gasteiger charge is -2.06. The lowest BCUT2D eigenvalue weighted by Crippen LogP contribution is -2.09. The first-order valence-electron chi connectivity index (χ1n) is 6.92. The number of hydrogen-bond acceptors (Lipinski definition) is 3. The minimum Gasteiger partial charge on any atom is -0.426 e. The lowest BCUT2D eigenvalue weighted by molar-refractivity contribution is -0.134. The van der Waals surface area contributed by atoms with Crippen LogP contribution in [-0.4, -0.2) is 11.8 Å². The van der Waals surface area contributed by atoms with E-state index in [2.05, 4.69) is 6.07 Å². The quantitative estimate of drug-likeness (QED) is 0.476. The van der Waals surface area contributed by atoms with Crippen molar-refractivity contribution in [3.63, 3.8) is 0 Å². The number of Topliss-reactive ketones (excluding diaryl/α,β-unsaturated/α-hetero) is 1. The van der Waals surface area contributed by atoms with Crippen molar-refractivity contribution in [1.29, 1.82) is 0 Å². The number of carbonyl (C=O) groups excluding carboxylic acids is 2. The van der Waals surface area contributed by atoms with E-state index in [1.54, 1.807) is 24.3 Å². The first kappa shape index (κ1) is 15.0. The molecule has 0 heterocycles. The molecule has 2 rings (SSSR count). The zero-order chi connectivity index (χ0) is 15.2. The molecule has 0 spiro atoms. The van der Waals surface area contributed by atoms with Crippen LogP contribution in [0.5, 0.6) is 5.75 Å². The van der Waals surface area contributed by atoms with Crippen LogP contribution >= 0.6 is 0 Å². The zero-order valence-electron chi connectivity index (χ0n) is 12.3. The van der Waals surface area contributed by atoms with Crippen molar-refractivity contribution in [1.82, 2.24) is 0 Å². The van der Waals surface area contributed by atoms with E-state index in [9.17, 15) is 9.59 Å². The number of ketones is 1. The molecule has 2 aromatic carbocycles. The molecule has 21 heavy (non-hydrogen) atoms. The molecule has 3 heteroatoms. The summed E-state index contributed by atoms with van der Waals surface area (Å²) in [5.74, 6) is 0.0711. The van der Waals surface area contributed by atoms with Gasteiger partial charge in [0, 0.05) is 12.0 Å². The van der Waals surface area contributed by atoms with Crippen LogP contribution in [0, 0.1) is 6.92 Å². The molecule has 0 aromatic heterocycles. The molecule has 0 aliphatic carbocycles. The van der Waals surface area contributed by atoms with Crippen LogP contribution in [0.4, 0.5) is 0 Å². The van der Waals surface area contributed by atoms with Crippen LogP contribution in [0.3, 0.4) is 0 Å². The Morgan fingerprint density at radius 1 is 1.05 bits per heavy atom. The first-order chi connectivity index (χ1) is 10.0. The van der Waals surface area contributed by atoms with E-state index in [1.807, 2.05) is 25.1 Å². The molecular weight excluding hydrogens is 264 g/mol. The summed E-state index contributed by atoms with van der Waals surface area (Å²) in [5.41, 5.74) is 2.83. The van der Waals surface area contributed by atoms with Crippen molar-refractivity contribution in [2.75, 3.05) is 0 Å². The van der Waals surface area contributed by atoms with Gasteiger partial charge in [-0.3, -0.25) is 9.59 Å². The highest BCUT2D eigenvalue weighted by Gasteiger charge is 2.07. The summed E-state index contributed by atoms with van der Waals surface area (Å²) in [7, 11) is 0. The van der Waals surface area contributed by atoms with Gasteiger partial charge in [0.25, 0.3) is 0 Å². The summed E-state index contributed by atoms with van der Waals surface area (Å²) < 4.78 is 5.27. The van der Waals surface area contributed by atoms with Crippen molar-refractivity contribution < 1.29 is 14.3 Å². The molecule has 0 amide bonds. The molecule has 0 saturated carbocycles. The van der Waals surface area contributed by atoms with Crippen molar-refractivity contribution in [2.24, 2.45) is 0 Å². The molecule has 0 fully saturated rings. The fourth-order valence-electron chi connectivity index (χ4n) is 2.08. The Hall–Kier alpha value is -2.42. The molecule has 108 valence electrons. The van der Waals surface area contributed by atoms with Crippen LogP contribution in [0.15, 0.2) is 48.5 Å². The standard InChI is InChI=1S/C18H18O3/c1-13-5-3-6-15(11-13)9-10-18(20)21-17-8-4-7-16(12-17)14(2)19/h3-8,11-12H,9-10H2,1-2H3. The van der Waals surface area contributed by atoms with Gasteiger partial charge in [0.05, 0.1) is 0 Å². The molecule has 0 unspecified atom stereocenters. The average Bonchev–Trinajstić information content (AvgIpc) is 2.45. The first-order valence-corrected chi connectivity index (χ1v) is 6.92. The third kappa shape index (κ3) is 4.56. The Labute approximate surface area is 124 Å². The van der Waals surface area contributed by atoms with Gasteiger partial charge < -0.3 is 4.74 Å². The number of ether oxygens (including phenoxy) is 1. The van der Waals surface area contributed by atoms with Gasteiger partial charge in [-0.05, 0) is 38.0 Å². The van der Waals surface area contributed by atoms with E-state index in [0.29, 0.717) is 24.2 Å². The number of esters is 1. The van der Waals surface area contributed by atoms with E-state index in [0.717, 1.165) is 5.56 Å². The van der Waals surface area contributed by atoms with Gasteiger partial charge in [0.2, 0.25) is 0 Å². The van der Waals surface area contributed by atoms with Gasteiger partial charge in [-0.15, -0.1) is 0 Å². The van der Waals surface area contributed by atoms with Gasteiger partial charge in [0.15, 0.2) is 5.78 Å². The average molecular weight is 282 g/mol. The summed E-state index contributed by atoms with van der Waals surface area (Å²) in [6.07, 6.45) is 0.959. The zero-order valence-corrected chi connectivity index (χ0v) is 12.3. The molecule has 0 atom stereocenters. The van der Waals surface area contributed by atoms with Crippen molar-refractivity contribution in [3.05, 3.63) is 65.2 Å². The Morgan fingerprint density at radius 3 is 2.52 bits per heavy atom. The third-order valence-corrected chi connectivity index (χ3v) is 3.17.